The second kappa shape index (κ2) is 6.10. The molecule has 0 radical (unpaired) electrons. The Morgan fingerprint density at radius 3 is 2.88 bits per heavy atom. The summed E-state index contributed by atoms with van der Waals surface area (Å²) in [5.41, 5.74) is 6.51. The molecule has 17 heavy (non-hydrogen) atoms. The zero-order chi connectivity index (χ0) is 12.8. The average Bonchev–Trinajstić information content (AvgIpc) is 2.27. The Morgan fingerprint density at radius 1 is 1.59 bits per heavy atom. The Balaban J connectivity index is 2.98. The van der Waals surface area contributed by atoms with Gasteiger partial charge in [-0.15, -0.1) is 0 Å². The molecule has 0 saturated heterocycles. The van der Waals surface area contributed by atoms with E-state index in [0.29, 0.717) is 17.7 Å². The minimum Gasteiger partial charge on any atom is -0.389 e. The molecule has 0 aliphatic carbocycles. The highest BCUT2D eigenvalue weighted by atomic mass is 32.1. The summed E-state index contributed by atoms with van der Waals surface area (Å²) < 4.78 is 13.0. The lowest BCUT2D eigenvalue weighted by atomic mass is 10.1. The van der Waals surface area contributed by atoms with Gasteiger partial charge in [0.2, 0.25) is 5.91 Å². The lowest BCUT2D eigenvalue weighted by Gasteiger charge is -2.04. The number of nitrogens with one attached hydrogen (secondary N) is 1. The summed E-state index contributed by atoms with van der Waals surface area (Å²) in [4.78, 5) is 11.3. The topological polar surface area (TPSA) is 55.1 Å². The maximum absolute atomic E-state index is 13.0. The molecular formula is C12H13FN2OS. The van der Waals surface area contributed by atoms with E-state index in [4.69, 9.17) is 18.0 Å². The summed E-state index contributed by atoms with van der Waals surface area (Å²) in [6, 6.07) is 4.07. The fourth-order valence-corrected chi connectivity index (χ4v) is 1.46. The van der Waals surface area contributed by atoms with Crippen molar-refractivity contribution in [2.45, 2.75) is 6.92 Å². The Kier molecular flexibility index (Phi) is 4.78. The van der Waals surface area contributed by atoms with Crippen LogP contribution in [0.4, 0.5) is 4.39 Å². The van der Waals surface area contributed by atoms with Crippen molar-refractivity contribution in [3.8, 4) is 0 Å². The molecule has 90 valence electrons. The highest BCUT2D eigenvalue weighted by Gasteiger charge is 2.04. The number of hydrogen-bond acceptors (Lipinski definition) is 2. The quantitative estimate of drug-likeness (QED) is 0.632. The van der Waals surface area contributed by atoms with Gasteiger partial charge in [0.25, 0.3) is 0 Å². The van der Waals surface area contributed by atoms with Crippen molar-refractivity contribution in [2.24, 2.45) is 5.73 Å². The summed E-state index contributed by atoms with van der Waals surface area (Å²) in [5, 5.41) is 2.61. The summed E-state index contributed by atoms with van der Waals surface area (Å²) in [5.74, 6) is -0.631. The van der Waals surface area contributed by atoms with Crippen LogP contribution in [0.3, 0.4) is 0 Å². The van der Waals surface area contributed by atoms with Gasteiger partial charge in [-0.25, -0.2) is 4.39 Å². The SMILES string of the molecule is CCNC(=O)/C=C/c1ccc(F)cc1C(N)=S. The first kappa shape index (κ1) is 13.3. The lowest BCUT2D eigenvalue weighted by molar-refractivity contribution is -0.116. The van der Waals surface area contributed by atoms with E-state index in [1.807, 2.05) is 6.92 Å². The molecule has 0 bridgehead atoms. The van der Waals surface area contributed by atoms with Crippen LogP contribution in [0.15, 0.2) is 24.3 Å². The fraction of sp³-hybridized carbons (Fsp3) is 0.167. The molecule has 0 fully saturated rings. The van der Waals surface area contributed by atoms with Crippen molar-refractivity contribution in [3.05, 3.63) is 41.2 Å². The number of benzene rings is 1. The number of halogens is 1. The van der Waals surface area contributed by atoms with E-state index < -0.39 is 5.82 Å². The van der Waals surface area contributed by atoms with Crippen LogP contribution in [0, 0.1) is 5.82 Å². The van der Waals surface area contributed by atoms with Gasteiger partial charge >= 0.3 is 0 Å². The minimum absolute atomic E-state index is 0.0973. The van der Waals surface area contributed by atoms with Crippen LogP contribution in [0.25, 0.3) is 6.08 Å². The number of carbonyl (C=O) groups excluding carboxylic acids is 1. The maximum Gasteiger partial charge on any atom is 0.243 e. The van der Waals surface area contributed by atoms with Crippen LogP contribution in [-0.4, -0.2) is 17.4 Å². The van der Waals surface area contributed by atoms with E-state index in [9.17, 15) is 9.18 Å². The van der Waals surface area contributed by atoms with Gasteiger partial charge in [0, 0.05) is 18.2 Å². The Labute approximate surface area is 105 Å². The molecule has 1 aromatic carbocycles. The molecule has 3 N–H and O–H groups in total. The molecule has 0 aliphatic rings. The van der Waals surface area contributed by atoms with Gasteiger partial charge in [-0.2, -0.15) is 0 Å². The van der Waals surface area contributed by atoms with E-state index in [-0.39, 0.29) is 10.9 Å². The third kappa shape index (κ3) is 3.96. The van der Waals surface area contributed by atoms with Gasteiger partial charge in [-0.1, -0.05) is 18.3 Å². The van der Waals surface area contributed by atoms with Crippen LogP contribution in [0.2, 0.25) is 0 Å². The Hall–Kier alpha value is -1.75. The molecule has 0 unspecified atom stereocenters. The molecule has 1 rings (SSSR count). The number of nitrogens with two attached hydrogens (primary N) is 1. The number of thiocarbonyl (C=S) groups is 1. The molecule has 0 aliphatic heterocycles. The van der Waals surface area contributed by atoms with Crippen molar-refractivity contribution in [1.29, 1.82) is 0 Å². The van der Waals surface area contributed by atoms with Crippen molar-refractivity contribution in [1.82, 2.24) is 5.32 Å². The van der Waals surface area contributed by atoms with E-state index in [2.05, 4.69) is 5.32 Å². The van der Waals surface area contributed by atoms with Crippen LogP contribution < -0.4 is 11.1 Å². The van der Waals surface area contributed by atoms with Crippen molar-refractivity contribution < 1.29 is 9.18 Å². The first-order chi connectivity index (χ1) is 8.04. The van der Waals surface area contributed by atoms with E-state index in [1.54, 1.807) is 6.08 Å². The largest absolute Gasteiger partial charge is 0.389 e. The minimum atomic E-state index is -0.414. The Bertz CT molecular complexity index is 472. The maximum atomic E-state index is 13.0. The number of amides is 1. The van der Waals surface area contributed by atoms with E-state index >= 15 is 0 Å². The summed E-state index contributed by atoms with van der Waals surface area (Å²) in [6.45, 7) is 2.37. The number of rotatable bonds is 4. The first-order valence-electron chi connectivity index (χ1n) is 5.10. The normalized spacial score (nSPS) is 10.5. The van der Waals surface area contributed by atoms with Gasteiger partial charge in [0.15, 0.2) is 0 Å². The zero-order valence-corrected chi connectivity index (χ0v) is 10.2. The highest BCUT2D eigenvalue weighted by Crippen LogP contribution is 2.13. The number of likely N-dealkylation sites (N-methyl/N-ethyl adjacent to an activating group) is 1. The number of hydrogen-bond donors (Lipinski definition) is 2. The van der Waals surface area contributed by atoms with Crippen LogP contribution in [0.1, 0.15) is 18.1 Å². The van der Waals surface area contributed by atoms with Crippen LogP contribution >= 0.6 is 12.2 Å². The first-order valence-corrected chi connectivity index (χ1v) is 5.50. The average molecular weight is 252 g/mol. The summed E-state index contributed by atoms with van der Waals surface area (Å²) >= 11 is 4.82. The molecule has 3 nitrogen and oxygen atoms in total. The standard InChI is InChI=1S/C12H13FN2OS/c1-2-15-11(16)6-4-8-3-5-9(13)7-10(8)12(14)17/h3-7H,2H2,1H3,(H2,14,17)(H,15,16)/b6-4+. The molecule has 0 atom stereocenters. The molecule has 0 aromatic heterocycles. The van der Waals surface area contributed by atoms with Crippen LogP contribution in [-0.2, 0) is 4.79 Å². The van der Waals surface area contributed by atoms with Gasteiger partial charge in [-0.3, -0.25) is 4.79 Å². The smallest absolute Gasteiger partial charge is 0.243 e. The third-order valence-electron chi connectivity index (χ3n) is 2.05. The highest BCUT2D eigenvalue weighted by molar-refractivity contribution is 7.80. The molecule has 0 saturated carbocycles. The second-order valence-electron chi connectivity index (χ2n) is 3.32. The second-order valence-corrected chi connectivity index (χ2v) is 3.76. The molecule has 5 heteroatoms. The molecular weight excluding hydrogens is 239 g/mol. The summed E-state index contributed by atoms with van der Waals surface area (Å²) in [7, 11) is 0. The van der Waals surface area contributed by atoms with Gasteiger partial charge in [-0.05, 0) is 30.7 Å². The zero-order valence-electron chi connectivity index (χ0n) is 9.37. The van der Waals surface area contributed by atoms with Crippen molar-refractivity contribution in [2.75, 3.05) is 6.54 Å². The monoisotopic (exact) mass is 252 g/mol. The van der Waals surface area contributed by atoms with E-state index in [1.165, 1.54) is 24.3 Å². The molecule has 1 amide bonds. The van der Waals surface area contributed by atoms with Crippen LogP contribution in [0.5, 0.6) is 0 Å². The van der Waals surface area contributed by atoms with Crippen molar-refractivity contribution in [3.63, 3.8) is 0 Å². The lowest BCUT2D eigenvalue weighted by Crippen LogP contribution is -2.19. The van der Waals surface area contributed by atoms with Gasteiger partial charge in [0.05, 0.1) is 0 Å². The Morgan fingerprint density at radius 2 is 2.29 bits per heavy atom. The molecule has 0 spiro atoms. The summed E-state index contributed by atoms with van der Waals surface area (Å²) in [6.07, 6.45) is 2.91. The molecule has 1 aromatic rings. The van der Waals surface area contributed by atoms with Gasteiger partial charge in [0.1, 0.15) is 10.8 Å². The van der Waals surface area contributed by atoms with Crippen molar-refractivity contribution >= 4 is 29.2 Å². The predicted octanol–water partition coefficient (Wildman–Crippen LogP) is 1.61. The number of carbonyl (C=O) groups is 1. The molecule has 0 heterocycles. The third-order valence-corrected chi connectivity index (χ3v) is 2.27. The predicted molar refractivity (Wildman–Crippen MR) is 70.0 cm³/mol. The van der Waals surface area contributed by atoms with Gasteiger partial charge < -0.3 is 11.1 Å². The fourth-order valence-electron chi connectivity index (χ4n) is 1.29. The van der Waals surface area contributed by atoms with E-state index in [0.717, 1.165) is 0 Å².